The Morgan fingerprint density at radius 2 is 2.12 bits per heavy atom. The van der Waals surface area contributed by atoms with Gasteiger partial charge in [-0.15, -0.1) is 11.6 Å². The molecule has 4 heteroatoms. The molecular formula is C13H17Cl2NO. The fraction of sp³-hybridized carbons (Fsp3) is 0.462. The molecule has 0 aliphatic carbocycles. The zero-order valence-corrected chi connectivity index (χ0v) is 11.4. The molecule has 0 aromatic heterocycles. The van der Waals surface area contributed by atoms with Crippen LogP contribution in [0.15, 0.2) is 24.3 Å². The number of benzene rings is 1. The highest BCUT2D eigenvalue weighted by atomic mass is 35.5. The molecule has 2 nitrogen and oxygen atoms in total. The first-order valence-electron chi connectivity index (χ1n) is 5.74. The molecule has 0 radical (unpaired) electrons. The minimum atomic E-state index is -0.117. The summed E-state index contributed by atoms with van der Waals surface area (Å²) < 4.78 is 0. The summed E-state index contributed by atoms with van der Waals surface area (Å²) in [4.78, 5) is 11.8. The van der Waals surface area contributed by atoms with Gasteiger partial charge in [-0.25, -0.2) is 0 Å². The molecule has 94 valence electrons. The van der Waals surface area contributed by atoms with Crippen LogP contribution in [0, 0.1) is 5.92 Å². The van der Waals surface area contributed by atoms with Crippen molar-refractivity contribution >= 4 is 29.1 Å². The minimum absolute atomic E-state index is 0.117. The van der Waals surface area contributed by atoms with E-state index in [0.717, 1.165) is 12.8 Å². The molecule has 17 heavy (non-hydrogen) atoms. The quantitative estimate of drug-likeness (QED) is 0.621. The summed E-state index contributed by atoms with van der Waals surface area (Å²) in [6.45, 7) is 2.76. The molecule has 0 saturated carbocycles. The molecule has 0 aliphatic rings. The van der Waals surface area contributed by atoms with Crippen LogP contribution in [0.3, 0.4) is 0 Å². The van der Waals surface area contributed by atoms with Gasteiger partial charge < -0.3 is 5.32 Å². The van der Waals surface area contributed by atoms with Crippen LogP contribution in [-0.4, -0.2) is 18.3 Å². The van der Waals surface area contributed by atoms with Gasteiger partial charge in [0, 0.05) is 12.4 Å². The van der Waals surface area contributed by atoms with E-state index in [9.17, 15) is 4.79 Å². The van der Waals surface area contributed by atoms with Crippen molar-refractivity contribution in [1.82, 2.24) is 5.32 Å². The van der Waals surface area contributed by atoms with Gasteiger partial charge in [-0.2, -0.15) is 0 Å². The molecule has 0 heterocycles. The van der Waals surface area contributed by atoms with Crippen molar-refractivity contribution in [3.63, 3.8) is 0 Å². The SMILES string of the molecule is CC(CCl)CCCNC(=O)c1ccccc1Cl. The van der Waals surface area contributed by atoms with Crippen molar-refractivity contribution in [3.05, 3.63) is 34.9 Å². The van der Waals surface area contributed by atoms with Gasteiger partial charge in [-0.1, -0.05) is 30.7 Å². The van der Waals surface area contributed by atoms with Gasteiger partial charge in [0.1, 0.15) is 0 Å². The van der Waals surface area contributed by atoms with E-state index in [1.165, 1.54) is 0 Å². The van der Waals surface area contributed by atoms with Gasteiger partial charge in [0.15, 0.2) is 0 Å². The standard InChI is InChI=1S/C13H17Cl2NO/c1-10(9-14)5-4-8-16-13(17)11-6-2-3-7-12(11)15/h2-3,6-7,10H,4-5,8-9H2,1H3,(H,16,17). The first-order chi connectivity index (χ1) is 8.15. The lowest BCUT2D eigenvalue weighted by Gasteiger charge is -2.08. The summed E-state index contributed by atoms with van der Waals surface area (Å²) >= 11 is 11.6. The Morgan fingerprint density at radius 3 is 2.76 bits per heavy atom. The average molecular weight is 274 g/mol. The number of hydrogen-bond acceptors (Lipinski definition) is 1. The largest absolute Gasteiger partial charge is 0.352 e. The number of carbonyl (C=O) groups is 1. The minimum Gasteiger partial charge on any atom is -0.352 e. The van der Waals surface area contributed by atoms with Crippen LogP contribution in [0.25, 0.3) is 0 Å². The highest BCUT2D eigenvalue weighted by molar-refractivity contribution is 6.33. The van der Waals surface area contributed by atoms with E-state index in [4.69, 9.17) is 23.2 Å². The third kappa shape index (κ3) is 4.97. The molecule has 1 unspecified atom stereocenters. The molecule has 0 bridgehead atoms. The Hall–Kier alpha value is -0.730. The van der Waals surface area contributed by atoms with E-state index >= 15 is 0 Å². The lowest BCUT2D eigenvalue weighted by Crippen LogP contribution is -2.25. The number of amides is 1. The summed E-state index contributed by atoms with van der Waals surface area (Å²) in [7, 11) is 0. The maximum Gasteiger partial charge on any atom is 0.252 e. The summed E-state index contributed by atoms with van der Waals surface area (Å²) in [6.07, 6.45) is 1.95. The first kappa shape index (κ1) is 14.3. The van der Waals surface area contributed by atoms with Crippen LogP contribution >= 0.6 is 23.2 Å². The first-order valence-corrected chi connectivity index (χ1v) is 6.65. The van der Waals surface area contributed by atoms with Crippen molar-refractivity contribution in [2.75, 3.05) is 12.4 Å². The van der Waals surface area contributed by atoms with Crippen LogP contribution in [0.1, 0.15) is 30.1 Å². The van der Waals surface area contributed by atoms with Crippen molar-refractivity contribution < 1.29 is 4.79 Å². The van der Waals surface area contributed by atoms with Gasteiger partial charge in [0.05, 0.1) is 10.6 Å². The number of alkyl halides is 1. The van der Waals surface area contributed by atoms with E-state index in [1.807, 2.05) is 0 Å². The summed E-state index contributed by atoms with van der Waals surface area (Å²) in [5.74, 6) is 1.04. The van der Waals surface area contributed by atoms with Crippen LogP contribution in [0.5, 0.6) is 0 Å². The smallest absolute Gasteiger partial charge is 0.252 e. The average Bonchev–Trinajstić information content (AvgIpc) is 2.34. The van der Waals surface area contributed by atoms with Crippen LogP contribution in [0.4, 0.5) is 0 Å². The van der Waals surface area contributed by atoms with Gasteiger partial charge >= 0.3 is 0 Å². The predicted octanol–water partition coefficient (Wildman–Crippen LogP) is 3.72. The molecule has 1 aromatic carbocycles. The fourth-order valence-electron chi connectivity index (χ4n) is 1.47. The molecule has 0 spiro atoms. The molecule has 1 amide bonds. The Balaban J connectivity index is 2.33. The normalized spacial score (nSPS) is 12.2. The monoisotopic (exact) mass is 273 g/mol. The van der Waals surface area contributed by atoms with E-state index < -0.39 is 0 Å². The van der Waals surface area contributed by atoms with Gasteiger partial charge in [0.25, 0.3) is 5.91 Å². The fourth-order valence-corrected chi connectivity index (χ4v) is 1.85. The predicted molar refractivity (Wildman–Crippen MR) is 72.9 cm³/mol. The van der Waals surface area contributed by atoms with Crippen molar-refractivity contribution in [3.8, 4) is 0 Å². The summed E-state index contributed by atoms with van der Waals surface area (Å²) in [6, 6.07) is 7.04. The Kier molecular flexibility index (Phi) is 6.38. The maximum absolute atomic E-state index is 11.8. The second-order valence-electron chi connectivity index (χ2n) is 4.14. The molecule has 1 rings (SSSR count). The van der Waals surface area contributed by atoms with E-state index in [1.54, 1.807) is 24.3 Å². The third-order valence-electron chi connectivity index (χ3n) is 2.54. The number of nitrogens with one attached hydrogen (secondary N) is 1. The number of hydrogen-bond donors (Lipinski definition) is 1. The molecule has 1 aromatic rings. The number of halogens is 2. The second-order valence-corrected chi connectivity index (χ2v) is 4.85. The van der Waals surface area contributed by atoms with Gasteiger partial charge in [-0.05, 0) is 30.9 Å². The lowest BCUT2D eigenvalue weighted by molar-refractivity contribution is 0.0952. The molecule has 0 fully saturated rings. The van der Waals surface area contributed by atoms with Gasteiger partial charge in [-0.3, -0.25) is 4.79 Å². The maximum atomic E-state index is 11.8. The molecule has 1 N–H and O–H groups in total. The zero-order valence-electron chi connectivity index (χ0n) is 9.88. The highest BCUT2D eigenvalue weighted by Crippen LogP contribution is 2.14. The summed E-state index contributed by atoms with van der Waals surface area (Å²) in [5, 5.41) is 3.34. The molecule has 1 atom stereocenters. The van der Waals surface area contributed by atoms with Crippen LogP contribution < -0.4 is 5.32 Å². The van der Waals surface area contributed by atoms with Gasteiger partial charge in [0.2, 0.25) is 0 Å². The topological polar surface area (TPSA) is 29.1 Å². The Morgan fingerprint density at radius 1 is 1.41 bits per heavy atom. The molecule has 0 aliphatic heterocycles. The van der Waals surface area contributed by atoms with Crippen molar-refractivity contribution in [2.45, 2.75) is 19.8 Å². The number of carbonyl (C=O) groups excluding carboxylic acids is 1. The van der Waals surface area contributed by atoms with E-state index in [2.05, 4.69) is 12.2 Å². The second kappa shape index (κ2) is 7.57. The third-order valence-corrected chi connectivity index (χ3v) is 3.40. The summed E-state index contributed by atoms with van der Waals surface area (Å²) in [5.41, 5.74) is 0.527. The van der Waals surface area contributed by atoms with Crippen molar-refractivity contribution in [1.29, 1.82) is 0 Å². The zero-order chi connectivity index (χ0) is 12.7. The Bertz CT molecular complexity index is 368. The van der Waals surface area contributed by atoms with E-state index in [-0.39, 0.29) is 5.91 Å². The van der Waals surface area contributed by atoms with Crippen molar-refractivity contribution in [2.24, 2.45) is 5.92 Å². The van der Waals surface area contributed by atoms with Crippen LogP contribution in [-0.2, 0) is 0 Å². The molecular weight excluding hydrogens is 257 g/mol. The number of rotatable bonds is 6. The Labute approximate surface area is 112 Å². The van der Waals surface area contributed by atoms with Crippen LogP contribution in [0.2, 0.25) is 5.02 Å². The molecule has 0 saturated heterocycles. The van der Waals surface area contributed by atoms with E-state index in [0.29, 0.717) is 28.9 Å². The lowest BCUT2D eigenvalue weighted by atomic mass is 10.1. The highest BCUT2D eigenvalue weighted by Gasteiger charge is 2.08.